The molecule has 122 valence electrons. The molecule has 0 heterocycles. The molecule has 0 aliphatic carbocycles. The number of benzene rings is 1. The zero-order valence-corrected chi connectivity index (χ0v) is 13.8. The van der Waals surface area contributed by atoms with Crippen molar-refractivity contribution in [3.05, 3.63) is 30.1 Å². The fourth-order valence-electron chi connectivity index (χ4n) is 1.73. The van der Waals surface area contributed by atoms with Gasteiger partial charge in [0.25, 0.3) is 0 Å². The Labute approximate surface area is 135 Å². The van der Waals surface area contributed by atoms with Gasteiger partial charge in [0.2, 0.25) is 5.91 Å². The van der Waals surface area contributed by atoms with E-state index in [0.29, 0.717) is 11.6 Å². The monoisotopic (exact) mass is 326 g/mol. The van der Waals surface area contributed by atoms with Crippen LogP contribution in [0.15, 0.2) is 29.3 Å². The lowest BCUT2D eigenvalue weighted by atomic mass is 10.3. The van der Waals surface area contributed by atoms with E-state index >= 15 is 0 Å². The first-order valence-electron chi connectivity index (χ1n) is 7.14. The van der Waals surface area contributed by atoms with Crippen LogP contribution in [0.4, 0.5) is 10.1 Å². The molecule has 0 atom stereocenters. The summed E-state index contributed by atoms with van der Waals surface area (Å²) in [5.74, 6) is 1.09. The van der Waals surface area contributed by atoms with Crippen LogP contribution in [-0.2, 0) is 4.79 Å². The van der Waals surface area contributed by atoms with Crippen molar-refractivity contribution in [3.63, 3.8) is 0 Å². The highest BCUT2D eigenvalue weighted by Gasteiger charge is 2.04. The van der Waals surface area contributed by atoms with Gasteiger partial charge in [-0.3, -0.25) is 9.79 Å². The van der Waals surface area contributed by atoms with Crippen molar-refractivity contribution in [2.45, 2.75) is 12.8 Å². The van der Waals surface area contributed by atoms with Crippen molar-refractivity contribution < 1.29 is 9.18 Å². The summed E-state index contributed by atoms with van der Waals surface area (Å²) in [5, 5.41) is 8.69. The number of amides is 1. The lowest BCUT2D eigenvalue weighted by molar-refractivity contribution is -0.115. The fraction of sp³-hybridized carbons (Fsp3) is 0.467. The zero-order valence-electron chi connectivity index (χ0n) is 13.0. The van der Waals surface area contributed by atoms with E-state index in [0.717, 1.165) is 25.1 Å². The number of halogens is 1. The SMILES string of the molecule is CN=C(NCCCCSC)NCC(=O)Nc1cccc(F)c1. The third-order valence-electron chi connectivity index (χ3n) is 2.82. The normalized spacial score (nSPS) is 11.1. The maximum atomic E-state index is 13.0. The van der Waals surface area contributed by atoms with E-state index in [4.69, 9.17) is 0 Å². The van der Waals surface area contributed by atoms with Gasteiger partial charge in [-0.1, -0.05) is 6.07 Å². The first kappa shape index (κ1) is 18.3. The Morgan fingerprint density at radius 3 is 2.82 bits per heavy atom. The highest BCUT2D eigenvalue weighted by molar-refractivity contribution is 7.98. The molecule has 0 unspecified atom stereocenters. The van der Waals surface area contributed by atoms with Gasteiger partial charge in [0.1, 0.15) is 5.82 Å². The Bertz CT molecular complexity index is 496. The average Bonchev–Trinajstić information content (AvgIpc) is 2.50. The van der Waals surface area contributed by atoms with E-state index in [1.54, 1.807) is 19.2 Å². The molecular weight excluding hydrogens is 303 g/mol. The van der Waals surface area contributed by atoms with Gasteiger partial charge >= 0.3 is 0 Å². The maximum Gasteiger partial charge on any atom is 0.243 e. The van der Waals surface area contributed by atoms with E-state index in [1.807, 2.05) is 11.8 Å². The molecule has 22 heavy (non-hydrogen) atoms. The number of guanidine groups is 1. The van der Waals surface area contributed by atoms with Crippen LogP contribution in [0, 0.1) is 5.82 Å². The van der Waals surface area contributed by atoms with Gasteiger partial charge in [0.15, 0.2) is 5.96 Å². The number of hydrogen-bond acceptors (Lipinski definition) is 3. The van der Waals surface area contributed by atoms with Crippen LogP contribution in [0.5, 0.6) is 0 Å². The van der Waals surface area contributed by atoms with Gasteiger partial charge in [0, 0.05) is 19.3 Å². The van der Waals surface area contributed by atoms with Crippen molar-refractivity contribution in [3.8, 4) is 0 Å². The molecule has 0 radical (unpaired) electrons. The van der Waals surface area contributed by atoms with Gasteiger partial charge < -0.3 is 16.0 Å². The number of nitrogens with zero attached hydrogens (tertiary/aromatic N) is 1. The van der Waals surface area contributed by atoms with Crippen LogP contribution in [0.3, 0.4) is 0 Å². The Kier molecular flexibility index (Phi) is 9.06. The van der Waals surface area contributed by atoms with Crippen LogP contribution in [0.1, 0.15) is 12.8 Å². The van der Waals surface area contributed by atoms with E-state index < -0.39 is 0 Å². The number of nitrogens with one attached hydrogen (secondary N) is 3. The Morgan fingerprint density at radius 1 is 1.32 bits per heavy atom. The van der Waals surface area contributed by atoms with Crippen LogP contribution in [0.25, 0.3) is 0 Å². The quantitative estimate of drug-likeness (QED) is 0.389. The Hall–Kier alpha value is -1.76. The van der Waals surface area contributed by atoms with E-state index in [9.17, 15) is 9.18 Å². The lowest BCUT2D eigenvalue weighted by Crippen LogP contribution is -2.41. The van der Waals surface area contributed by atoms with Crippen LogP contribution < -0.4 is 16.0 Å². The molecule has 0 aliphatic heterocycles. The predicted molar refractivity (Wildman–Crippen MR) is 92.0 cm³/mol. The molecule has 0 aliphatic rings. The number of carbonyl (C=O) groups excluding carboxylic acids is 1. The van der Waals surface area contributed by atoms with Crippen molar-refractivity contribution in [1.29, 1.82) is 0 Å². The van der Waals surface area contributed by atoms with Gasteiger partial charge in [-0.25, -0.2) is 4.39 Å². The van der Waals surface area contributed by atoms with Crippen molar-refractivity contribution in [2.24, 2.45) is 4.99 Å². The molecule has 0 spiro atoms. The van der Waals surface area contributed by atoms with E-state index in [-0.39, 0.29) is 18.3 Å². The molecule has 1 aromatic rings. The summed E-state index contributed by atoms with van der Waals surface area (Å²) in [5.41, 5.74) is 0.437. The minimum absolute atomic E-state index is 0.0704. The summed E-state index contributed by atoms with van der Waals surface area (Å²) in [6.07, 6.45) is 4.29. The third kappa shape index (κ3) is 7.87. The Balaban J connectivity index is 2.26. The second-order valence-electron chi connectivity index (χ2n) is 4.61. The molecule has 0 saturated heterocycles. The molecule has 1 rings (SSSR count). The van der Waals surface area contributed by atoms with Gasteiger partial charge in [-0.2, -0.15) is 11.8 Å². The highest BCUT2D eigenvalue weighted by atomic mass is 32.2. The van der Waals surface area contributed by atoms with Crippen molar-refractivity contribution >= 4 is 29.3 Å². The number of unbranched alkanes of at least 4 members (excludes halogenated alkanes) is 1. The number of carbonyl (C=O) groups is 1. The molecular formula is C15H23FN4OS. The maximum absolute atomic E-state index is 13.0. The van der Waals surface area contributed by atoms with Crippen molar-refractivity contribution in [1.82, 2.24) is 10.6 Å². The number of aliphatic imine (C=N–C) groups is 1. The smallest absolute Gasteiger partial charge is 0.243 e. The molecule has 0 saturated carbocycles. The topological polar surface area (TPSA) is 65.5 Å². The molecule has 1 aromatic carbocycles. The molecule has 1 amide bonds. The minimum atomic E-state index is -0.381. The largest absolute Gasteiger partial charge is 0.356 e. The molecule has 3 N–H and O–H groups in total. The zero-order chi connectivity index (χ0) is 16.2. The average molecular weight is 326 g/mol. The number of hydrogen-bond donors (Lipinski definition) is 3. The summed E-state index contributed by atoms with van der Waals surface area (Å²) in [6.45, 7) is 0.882. The summed E-state index contributed by atoms with van der Waals surface area (Å²) < 4.78 is 13.0. The van der Waals surface area contributed by atoms with Crippen molar-refractivity contribution in [2.75, 3.05) is 37.5 Å². The number of rotatable bonds is 8. The first-order valence-corrected chi connectivity index (χ1v) is 8.54. The fourth-order valence-corrected chi connectivity index (χ4v) is 2.23. The molecule has 7 heteroatoms. The lowest BCUT2D eigenvalue weighted by Gasteiger charge is -2.12. The molecule has 5 nitrogen and oxygen atoms in total. The van der Waals surface area contributed by atoms with Crippen LogP contribution in [-0.4, -0.2) is 44.0 Å². The standard InChI is InChI=1S/C15H23FN4OS/c1-17-15(18-8-3-4-9-22-2)19-11-14(21)20-13-7-5-6-12(16)10-13/h5-7,10H,3-4,8-9,11H2,1-2H3,(H,20,21)(H2,17,18,19). The van der Waals surface area contributed by atoms with Crippen LogP contribution >= 0.6 is 11.8 Å². The highest BCUT2D eigenvalue weighted by Crippen LogP contribution is 2.08. The van der Waals surface area contributed by atoms with Gasteiger partial charge in [-0.15, -0.1) is 0 Å². The number of thioether (sulfide) groups is 1. The molecule has 0 bridgehead atoms. The van der Waals surface area contributed by atoms with E-state index in [1.165, 1.54) is 12.1 Å². The molecule has 0 aromatic heterocycles. The van der Waals surface area contributed by atoms with Gasteiger partial charge in [-0.05, 0) is 43.0 Å². The summed E-state index contributed by atoms with van der Waals surface area (Å²) in [7, 11) is 1.65. The minimum Gasteiger partial charge on any atom is -0.356 e. The summed E-state index contributed by atoms with van der Waals surface area (Å²) in [4.78, 5) is 15.8. The first-order chi connectivity index (χ1) is 10.7. The summed E-state index contributed by atoms with van der Waals surface area (Å²) >= 11 is 1.83. The van der Waals surface area contributed by atoms with E-state index in [2.05, 4.69) is 27.2 Å². The molecule has 0 fully saturated rings. The third-order valence-corrected chi connectivity index (χ3v) is 3.51. The van der Waals surface area contributed by atoms with Crippen LogP contribution in [0.2, 0.25) is 0 Å². The second-order valence-corrected chi connectivity index (χ2v) is 5.60. The predicted octanol–water partition coefficient (Wildman–Crippen LogP) is 2.07. The summed E-state index contributed by atoms with van der Waals surface area (Å²) in [6, 6.07) is 5.79. The second kappa shape index (κ2) is 10.9. The Morgan fingerprint density at radius 2 is 2.14 bits per heavy atom. The van der Waals surface area contributed by atoms with Gasteiger partial charge in [0.05, 0.1) is 6.54 Å². The number of anilines is 1.